The van der Waals surface area contributed by atoms with Crippen molar-refractivity contribution in [3.8, 4) is 11.1 Å². The van der Waals surface area contributed by atoms with E-state index in [2.05, 4.69) is 165 Å². The van der Waals surface area contributed by atoms with Crippen LogP contribution >= 0.6 is 0 Å². The highest BCUT2D eigenvalue weighted by Gasteiger charge is 2.22. The van der Waals surface area contributed by atoms with Crippen LogP contribution in [0.3, 0.4) is 0 Å². The lowest BCUT2D eigenvalue weighted by atomic mass is 9.78. The number of nitrogens with one attached hydrogen (secondary N) is 1. The first-order valence-corrected chi connectivity index (χ1v) is 13.4. The molecule has 5 aromatic carbocycles. The summed E-state index contributed by atoms with van der Waals surface area (Å²) in [5.74, 6) is 0.467. The molecule has 0 fully saturated rings. The molecule has 0 aliphatic rings. The topological polar surface area (TPSA) is 15.3 Å². The Balaban J connectivity index is 1.61. The second kappa shape index (κ2) is 11.0. The van der Waals surface area contributed by atoms with E-state index in [0.29, 0.717) is 5.92 Å². The molecular formula is C36H36N2. The van der Waals surface area contributed by atoms with Crippen molar-refractivity contribution in [2.45, 2.75) is 33.6 Å². The number of rotatable bonds is 7. The number of benzene rings is 5. The first kappa shape index (κ1) is 25.4. The second-order valence-corrected chi connectivity index (χ2v) is 10.9. The third-order valence-corrected chi connectivity index (χ3v) is 7.36. The molecule has 0 aliphatic carbocycles. The van der Waals surface area contributed by atoms with Crippen molar-refractivity contribution in [1.29, 1.82) is 0 Å². The molecule has 0 saturated heterocycles. The van der Waals surface area contributed by atoms with Gasteiger partial charge in [-0.3, -0.25) is 0 Å². The molecule has 0 saturated carbocycles. The smallest absolute Gasteiger partial charge is 0.0469 e. The number of anilines is 5. The Labute approximate surface area is 227 Å². The first-order chi connectivity index (χ1) is 18.4. The van der Waals surface area contributed by atoms with E-state index in [-0.39, 0.29) is 5.41 Å². The van der Waals surface area contributed by atoms with E-state index >= 15 is 0 Å². The van der Waals surface area contributed by atoms with Gasteiger partial charge in [0.25, 0.3) is 0 Å². The third-order valence-electron chi connectivity index (χ3n) is 7.36. The molecule has 5 aromatic rings. The van der Waals surface area contributed by atoms with E-state index in [4.69, 9.17) is 0 Å². The minimum absolute atomic E-state index is 0.215. The molecule has 1 N–H and O–H groups in total. The lowest BCUT2D eigenvalue weighted by Crippen LogP contribution is -2.15. The number of hydrogen-bond donors (Lipinski definition) is 1. The van der Waals surface area contributed by atoms with Crippen LogP contribution in [-0.4, -0.2) is 0 Å². The van der Waals surface area contributed by atoms with Gasteiger partial charge in [-0.1, -0.05) is 107 Å². The molecule has 0 amide bonds. The second-order valence-electron chi connectivity index (χ2n) is 10.9. The zero-order chi connectivity index (χ0) is 26.5. The largest absolute Gasteiger partial charge is 0.355 e. The van der Waals surface area contributed by atoms with Crippen molar-refractivity contribution in [3.05, 3.63) is 139 Å². The first-order valence-electron chi connectivity index (χ1n) is 13.4. The van der Waals surface area contributed by atoms with Crippen LogP contribution in [-0.2, 0) is 0 Å². The summed E-state index contributed by atoms with van der Waals surface area (Å²) < 4.78 is 0. The average molecular weight is 497 g/mol. The van der Waals surface area contributed by atoms with Crippen LogP contribution < -0.4 is 10.2 Å². The molecule has 0 bridgehead atoms. The van der Waals surface area contributed by atoms with E-state index in [1.54, 1.807) is 0 Å². The predicted molar refractivity (Wildman–Crippen MR) is 164 cm³/mol. The van der Waals surface area contributed by atoms with Gasteiger partial charge in [0, 0.05) is 34.0 Å². The van der Waals surface area contributed by atoms with Crippen molar-refractivity contribution in [2.24, 2.45) is 5.41 Å². The fraction of sp³-hybridized carbons (Fsp3) is 0.167. The van der Waals surface area contributed by atoms with Gasteiger partial charge in [-0.25, -0.2) is 0 Å². The maximum absolute atomic E-state index is 3.63. The molecule has 1 atom stereocenters. The van der Waals surface area contributed by atoms with E-state index in [9.17, 15) is 0 Å². The molecule has 0 spiro atoms. The van der Waals surface area contributed by atoms with E-state index in [0.717, 1.165) is 34.0 Å². The minimum atomic E-state index is 0.215. The number of hydrogen-bond acceptors (Lipinski definition) is 2. The lowest BCUT2D eigenvalue weighted by Gasteiger charge is -2.29. The summed E-state index contributed by atoms with van der Waals surface area (Å²) in [5.41, 5.74) is 9.45. The normalized spacial score (nSPS) is 12.1. The molecule has 0 aliphatic heterocycles. The fourth-order valence-corrected chi connectivity index (χ4v) is 4.75. The van der Waals surface area contributed by atoms with Gasteiger partial charge in [0.2, 0.25) is 0 Å². The Kier molecular flexibility index (Phi) is 7.33. The van der Waals surface area contributed by atoms with E-state index in [1.165, 1.54) is 11.1 Å². The molecule has 0 heterocycles. The summed E-state index contributed by atoms with van der Waals surface area (Å²) in [6.07, 6.45) is 0. The maximum atomic E-state index is 3.63. The summed E-state index contributed by atoms with van der Waals surface area (Å²) in [5, 5.41) is 3.63. The van der Waals surface area contributed by atoms with Crippen LogP contribution in [0.1, 0.15) is 39.2 Å². The zero-order valence-electron chi connectivity index (χ0n) is 22.7. The molecule has 5 rings (SSSR count). The van der Waals surface area contributed by atoms with Crippen molar-refractivity contribution < 1.29 is 0 Å². The van der Waals surface area contributed by atoms with Gasteiger partial charge < -0.3 is 10.2 Å². The van der Waals surface area contributed by atoms with E-state index in [1.807, 2.05) is 6.07 Å². The number of para-hydroxylation sites is 2. The Morgan fingerprint density at radius 1 is 0.579 bits per heavy atom. The average Bonchev–Trinajstić information content (AvgIpc) is 2.95. The van der Waals surface area contributed by atoms with Crippen LogP contribution in [0.25, 0.3) is 11.1 Å². The van der Waals surface area contributed by atoms with Crippen molar-refractivity contribution in [1.82, 2.24) is 0 Å². The fourth-order valence-electron chi connectivity index (χ4n) is 4.75. The van der Waals surface area contributed by atoms with Crippen molar-refractivity contribution in [3.63, 3.8) is 0 Å². The molecule has 38 heavy (non-hydrogen) atoms. The van der Waals surface area contributed by atoms with Gasteiger partial charge in [-0.05, 0) is 77.1 Å². The van der Waals surface area contributed by atoms with Crippen LogP contribution in [0.15, 0.2) is 133 Å². The maximum Gasteiger partial charge on any atom is 0.0469 e. The third kappa shape index (κ3) is 5.65. The quantitative estimate of drug-likeness (QED) is 0.241. The van der Waals surface area contributed by atoms with Crippen LogP contribution in [0.4, 0.5) is 28.4 Å². The van der Waals surface area contributed by atoms with Gasteiger partial charge in [0.15, 0.2) is 0 Å². The standard InChI is InChI=1S/C36H36N2/c1-27(36(2,3)4)28-20-22-32(23-21-28)38(31-18-12-7-13-19-31)33-24-25-35(37-30-16-10-6-11-17-30)34(26-33)29-14-8-5-9-15-29/h5-27,37H,1-4H3. The van der Waals surface area contributed by atoms with Crippen LogP contribution in [0.2, 0.25) is 0 Å². The summed E-state index contributed by atoms with van der Waals surface area (Å²) >= 11 is 0. The number of nitrogens with zero attached hydrogens (tertiary/aromatic N) is 1. The van der Waals surface area contributed by atoms with Crippen LogP contribution in [0, 0.1) is 5.41 Å². The lowest BCUT2D eigenvalue weighted by molar-refractivity contribution is 0.339. The Hall–Kier alpha value is -4.30. The zero-order valence-corrected chi connectivity index (χ0v) is 22.7. The Bertz CT molecular complexity index is 1450. The molecule has 0 aromatic heterocycles. The van der Waals surface area contributed by atoms with Crippen molar-refractivity contribution >= 4 is 28.4 Å². The molecular weight excluding hydrogens is 460 g/mol. The Morgan fingerprint density at radius 3 is 1.71 bits per heavy atom. The summed E-state index contributed by atoms with van der Waals surface area (Å²) in [6.45, 7) is 9.22. The molecule has 1 unspecified atom stereocenters. The highest BCUT2D eigenvalue weighted by Crippen LogP contribution is 2.41. The summed E-state index contributed by atoms with van der Waals surface area (Å²) in [7, 11) is 0. The van der Waals surface area contributed by atoms with Gasteiger partial charge in [-0.2, -0.15) is 0 Å². The monoisotopic (exact) mass is 496 g/mol. The van der Waals surface area contributed by atoms with Gasteiger partial charge >= 0.3 is 0 Å². The molecule has 2 nitrogen and oxygen atoms in total. The highest BCUT2D eigenvalue weighted by molar-refractivity contribution is 5.87. The van der Waals surface area contributed by atoms with Crippen LogP contribution in [0.5, 0.6) is 0 Å². The van der Waals surface area contributed by atoms with Gasteiger partial charge in [0.1, 0.15) is 0 Å². The molecule has 0 radical (unpaired) electrons. The SMILES string of the molecule is CC(c1ccc(N(c2ccccc2)c2ccc(Nc3ccccc3)c(-c3ccccc3)c2)cc1)C(C)(C)C. The summed E-state index contributed by atoms with van der Waals surface area (Å²) in [6, 6.07) is 47.3. The summed E-state index contributed by atoms with van der Waals surface area (Å²) in [4.78, 5) is 2.34. The van der Waals surface area contributed by atoms with E-state index < -0.39 is 0 Å². The van der Waals surface area contributed by atoms with Gasteiger partial charge in [0.05, 0.1) is 0 Å². The minimum Gasteiger partial charge on any atom is -0.355 e. The molecule has 2 heteroatoms. The van der Waals surface area contributed by atoms with Gasteiger partial charge in [-0.15, -0.1) is 0 Å². The predicted octanol–water partition coefficient (Wildman–Crippen LogP) is 10.7. The Morgan fingerprint density at radius 2 is 1.11 bits per heavy atom. The molecule has 190 valence electrons. The van der Waals surface area contributed by atoms with Crippen molar-refractivity contribution in [2.75, 3.05) is 10.2 Å². The highest BCUT2D eigenvalue weighted by atomic mass is 15.1.